The average Bonchev–Trinajstić information content (AvgIpc) is 2.28. The smallest absolute Gasteiger partial charge is 0.341 e. The second-order valence-electron chi connectivity index (χ2n) is 3.19. The van der Waals surface area contributed by atoms with E-state index in [0.717, 1.165) is 0 Å². The molecular weight excluding hydrogens is 244 g/mol. The summed E-state index contributed by atoms with van der Waals surface area (Å²) in [6.07, 6.45) is 1.47. The van der Waals surface area contributed by atoms with Crippen LogP contribution in [-0.4, -0.2) is 27.5 Å². The summed E-state index contributed by atoms with van der Waals surface area (Å²) in [6, 6.07) is 1.53. The van der Waals surface area contributed by atoms with Gasteiger partial charge in [-0.1, -0.05) is 0 Å². The Bertz CT molecular complexity index is 588. The molecule has 0 aromatic carbocycles. The Balaban J connectivity index is 2.55. The van der Waals surface area contributed by atoms with Gasteiger partial charge in [-0.15, -0.1) is 0 Å². The van der Waals surface area contributed by atoms with Crippen LogP contribution in [0.25, 0.3) is 11.0 Å². The number of nitrogens with two attached hydrogens (primary N) is 1. The number of nitrogens with zero attached hydrogens (tertiary/aromatic N) is 3. The van der Waals surface area contributed by atoms with Gasteiger partial charge in [0, 0.05) is 11.6 Å². The van der Waals surface area contributed by atoms with Gasteiger partial charge >= 0.3 is 5.97 Å². The molecule has 6 nitrogen and oxygen atoms in total. The summed E-state index contributed by atoms with van der Waals surface area (Å²) in [4.78, 5) is 23.2. The molecule has 2 N–H and O–H groups in total. The van der Waals surface area contributed by atoms with Gasteiger partial charge in [0.2, 0.25) is 5.28 Å². The first-order valence-corrected chi connectivity index (χ1v) is 5.25. The number of ether oxygens (including phenoxy) is 1. The lowest BCUT2D eigenvalue weighted by atomic mass is 10.2. The van der Waals surface area contributed by atoms with Crippen molar-refractivity contribution in [2.45, 2.75) is 6.92 Å². The first-order valence-electron chi connectivity index (χ1n) is 4.87. The minimum atomic E-state index is -0.519. The van der Waals surface area contributed by atoms with E-state index in [-0.39, 0.29) is 23.3 Å². The number of pyridine rings is 1. The van der Waals surface area contributed by atoms with E-state index in [4.69, 9.17) is 22.1 Å². The molecule has 0 aliphatic rings. The molecule has 0 aliphatic heterocycles. The second-order valence-corrected chi connectivity index (χ2v) is 3.53. The van der Waals surface area contributed by atoms with Gasteiger partial charge in [-0.25, -0.2) is 14.8 Å². The molecule has 2 aromatic heterocycles. The molecule has 0 aliphatic carbocycles. The van der Waals surface area contributed by atoms with Gasteiger partial charge in [-0.2, -0.15) is 4.98 Å². The minimum absolute atomic E-state index is 0.0608. The van der Waals surface area contributed by atoms with E-state index < -0.39 is 5.97 Å². The van der Waals surface area contributed by atoms with Crippen molar-refractivity contribution >= 4 is 34.4 Å². The first kappa shape index (κ1) is 11.5. The Labute approximate surface area is 102 Å². The fraction of sp³-hybridized carbons (Fsp3) is 0.200. The summed E-state index contributed by atoms with van der Waals surface area (Å²) in [5.41, 5.74) is 6.19. The van der Waals surface area contributed by atoms with Crippen LogP contribution in [0.2, 0.25) is 5.28 Å². The zero-order valence-electron chi connectivity index (χ0n) is 8.98. The summed E-state index contributed by atoms with van der Waals surface area (Å²) in [6.45, 7) is 1.98. The van der Waals surface area contributed by atoms with E-state index in [1.807, 2.05) is 0 Å². The van der Waals surface area contributed by atoms with E-state index in [1.54, 1.807) is 6.92 Å². The topological polar surface area (TPSA) is 91.0 Å². The lowest BCUT2D eigenvalue weighted by molar-refractivity contribution is 0.0527. The average molecular weight is 253 g/mol. The highest BCUT2D eigenvalue weighted by atomic mass is 35.5. The molecule has 0 amide bonds. The third-order valence-corrected chi connectivity index (χ3v) is 2.25. The number of fused-ring (bicyclic) bond motifs is 1. The second kappa shape index (κ2) is 4.50. The molecule has 0 spiro atoms. The van der Waals surface area contributed by atoms with Crippen LogP contribution in [-0.2, 0) is 4.74 Å². The largest absolute Gasteiger partial charge is 0.462 e. The van der Waals surface area contributed by atoms with Crippen molar-refractivity contribution in [3.63, 3.8) is 0 Å². The maximum atomic E-state index is 11.6. The predicted octanol–water partition coefficient (Wildman–Crippen LogP) is 1.44. The third-order valence-electron chi connectivity index (χ3n) is 2.06. The number of nitrogen functional groups attached to an aromatic ring is 1. The van der Waals surface area contributed by atoms with Crippen molar-refractivity contribution in [2.24, 2.45) is 0 Å². The Morgan fingerprint density at radius 1 is 1.53 bits per heavy atom. The lowest BCUT2D eigenvalue weighted by Crippen LogP contribution is -2.09. The van der Waals surface area contributed by atoms with E-state index in [2.05, 4.69) is 15.0 Å². The fourth-order valence-electron chi connectivity index (χ4n) is 1.33. The summed E-state index contributed by atoms with van der Waals surface area (Å²) < 4.78 is 4.86. The summed E-state index contributed by atoms with van der Waals surface area (Å²) in [7, 11) is 0. The number of carbonyl (C=O) groups excluding carboxylic acids is 1. The van der Waals surface area contributed by atoms with Gasteiger partial charge in [-0.3, -0.25) is 0 Å². The molecule has 17 heavy (non-hydrogen) atoms. The zero-order valence-corrected chi connectivity index (χ0v) is 9.73. The van der Waals surface area contributed by atoms with Gasteiger partial charge in [0.25, 0.3) is 0 Å². The maximum absolute atomic E-state index is 11.6. The van der Waals surface area contributed by atoms with E-state index in [0.29, 0.717) is 11.0 Å². The zero-order chi connectivity index (χ0) is 12.4. The molecule has 0 fully saturated rings. The molecule has 0 bridgehead atoms. The molecule has 88 valence electrons. The van der Waals surface area contributed by atoms with E-state index in [9.17, 15) is 4.79 Å². The number of esters is 1. The molecule has 2 heterocycles. The van der Waals surface area contributed by atoms with Gasteiger partial charge in [0.05, 0.1) is 6.61 Å². The van der Waals surface area contributed by atoms with Gasteiger partial charge in [0.15, 0.2) is 5.65 Å². The van der Waals surface area contributed by atoms with Crippen molar-refractivity contribution in [2.75, 3.05) is 12.3 Å². The maximum Gasteiger partial charge on any atom is 0.341 e. The number of rotatable bonds is 2. The highest BCUT2D eigenvalue weighted by molar-refractivity contribution is 6.28. The van der Waals surface area contributed by atoms with E-state index in [1.165, 1.54) is 12.3 Å². The normalized spacial score (nSPS) is 10.5. The molecule has 0 radical (unpaired) electrons. The third kappa shape index (κ3) is 2.26. The number of halogens is 1. The quantitative estimate of drug-likeness (QED) is 0.642. The minimum Gasteiger partial charge on any atom is -0.462 e. The van der Waals surface area contributed by atoms with Crippen LogP contribution in [0.3, 0.4) is 0 Å². The number of hydrogen-bond donors (Lipinski definition) is 1. The van der Waals surface area contributed by atoms with Gasteiger partial charge in [-0.05, 0) is 24.6 Å². The van der Waals surface area contributed by atoms with Crippen molar-refractivity contribution in [1.29, 1.82) is 0 Å². The molecular formula is C10H9ClN4O2. The number of hydrogen-bond acceptors (Lipinski definition) is 6. The molecule has 2 aromatic rings. The van der Waals surface area contributed by atoms with Crippen molar-refractivity contribution in [1.82, 2.24) is 15.0 Å². The highest BCUT2D eigenvalue weighted by Crippen LogP contribution is 2.18. The Morgan fingerprint density at radius 2 is 2.29 bits per heavy atom. The van der Waals surface area contributed by atoms with Crippen LogP contribution in [0, 0.1) is 0 Å². The number of anilines is 1. The lowest BCUT2D eigenvalue weighted by Gasteiger charge is -2.05. The van der Waals surface area contributed by atoms with Crippen LogP contribution < -0.4 is 5.73 Å². The first-order chi connectivity index (χ1) is 8.11. The van der Waals surface area contributed by atoms with Crippen LogP contribution in [0.4, 0.5) is 5.82 Å². The van der Waals surface area contributed by atoms with Gasteiger partial charge < -0.3 is 10.5 Å². The number of carbonyl (C=O) groups is 1. The standard InChI is InChI=1S/C10H9ClN4O2/c1-2-17-9(16)6-3-5-4-13-10(11)15-8(5)14-7(6)12/h3-4H,2H2,1H3,(H2,12,13,14,15). The van der Waals surface area contributed by atoms with Crippen molar-refractivity contribution in [3.8, 4) is 0 Å². The Morgan fingerprint density at radius 3 is 3.00 bits per heavy atom. The summed E-state index contributed by atoms with van der Waals surface area (Å²) >= 11 is 5.63. The Hall–Kier alpha value is -1.95. The van der Waals surface area contributed by atoms with Crippen LogP contribution in [0.5, 0.6) is 0 Å². The SMILES string of the molecule is CCOC(=O)c1cc2cnc(Cl)nc2nc1N. The van der Waals surface area contributed by atoms with E-state index >= 15 is 0 Å². The van der Waals surface area contributed by atoms with Gasteiger partial charge in [0.1, 0.15) is 11.4 Å². The molecule has 0 saturated heterocycles. The molecule has 0 saturated carbocycles. The van der Waals surface area contributed by atoms with Crippen LogP contribution in [0.15, 0.2) is 12.3 Å². The summed E-state index contributed by atoms with van der Waals surface area (Å²) in [5.74, 6) is -0.458. The molecule has 0 atom stereocenters. The molecule has 7 heteroatoms. The molecule has 0 unspecified atom stereocenters. The van der Waals surface area contributed by atoms with Crippen molar-refractivity contribution < 1.29 is 9.53 Å². The highest BCUT2D eigenvalue weighted by Gasteiger charge is 2.14. The summed E-state index contributed by atoms with van der Waals surface area (Å²) in [5, 5.41) is 0.653. The van der Waals surface area contributed by atoms with Crippen molar-refractivity contribution in [3.05, 3.63) is 23.1 Å². The monoisotopic (exact) mass is 252 g/mol. The van der Waals surface area contributed by atoms with Crippen LogP contribution in [0.1, 0.15) is 17.3 Å². The predicted molar refractivity (Wildman–Crippen MR) is 62.7 cm³/mol. The fourth-order valence-corrected chi connectivity index (χ4v) is 1.46. The Kier molecular flexibility index (Phi) is 3.06. The van der Waals surface area contributed by atoms with Crippen LogP contribution >= 0.6 is 11.6 Å². The molecule has 2 rings (SSSR count). The number of aromatic nitrogens is 3.